The molecule has 0 N–H and O–H groups in total. The average molecular weight is 366 g/mol. The fourth-order valence-corrected chi connectivity index (χ4v) is 2.71. The van der Waals surface area contributed by atoms with Crippen LogP contribution in [0.5, 0.6) is 11.5 Å². The molecule has 1 unspecified atom stereocenters. The lowest BCUT2D eigenvalue weighted by Crippen LogP contribution is -2.34. The van der Waals surface area contributed by atoms with E-state index in [0.29, 0.717) is 30.2 Å². The summed E-state index contributed by atoms with van der Waals surface area (Å²) in [6.07, 6.45) is 2.49. The summed E-state index contributed by atoms with van der Waals surface area (Å²) in [5, 5.41) is 11.4. The maximum Gasteiger partial charge on any atom is 0.410 e. The fourth-order valence-electron chi connectivity index (χ4n) is 2.71. The Kier molecular flexibility index (Phi) is 7.06. The van der Waals surface area contributed by atoms with E-state index in [2.05, 4.69) is 13.8 Å². The largest absolute Gasteiger partial charge is 0.454 e. The fraction of sp³-hybridized carbons (Fsp3) is 0.611. The molecule has 8 nitrogen and oxygen atoms in total. The number of ether oxygens (including phenoxy) is 3. The Morgan fingerprint density at radius 3 is 2.35 bits per heavy atom. The van der Waals surface area contributed by atoms with Gasteiger partial charge in [0.25, 0.3) is 5.69 Å². The summed E-state index contributed by atoms with van der Waals surface area (Å²) in [5.41, 5.74) is 0.141. The normalized spacial score (nSPS) is 13.3. The third kappa shape index (κ3) is 4.77. The van der Waals surface area contributed by atoms with Gasteiger partial charge in [0.15, 0.2) is 11.5 Å². The predicted octanol–water partition coefficient (Wildman–Crippen LogP) is 4.42. The summed E-state index contributed by atoms with van der Waals surface area (Å²) < 4.78 is 16.0. The third-order valence-electron chi connectivity index (χ3n) is 4.26. The second-order valence-corrected chi connectivity index (χ2v) is 6.24. The maximum atomic E-state index is 12.5. The Labute approximate surface area is 153 Å². The zero-order valence-electron chi connectivity index (χ0n) is 15.5. The molecular weight excluding hydrogens is 340 g/mol. The quantitative estimate of drug-likeness (QED) is 0.474. The van der Waals surface area contributed by atoms with Crippen molar-refractivity contribution in [3.8, 4) is 11.5 Å². The van der Waals surface area contributed by atoms with Gasteiger partial charge >= 0.3 is 6.09 Å². The van der Waals surface area contributed by atoms with Gasteiger partial charge in [0.05, 0.1) is 16.6 Å². The van der Waals surface area contributed by atoms with Crippen molar-refractivity contribution in [2.24, 2.45) is 0 Å². The van der Waals surface area contributed by atoms with Crippen LogP contribution < -0.4 is 9.47 Å². The van der Waals surface area contributed by atoms with E-state index in [0.717, 1.165) is 25.7 Å². The SMILES string of the molecule is CCCCN(CCCC)C(=O)OC(C)c1cc2c(cc1[N+](=O)[O-])OCO2. The molecule has 144 valence electrons. The maximum absolute atomic E-state index is 12.5. The third-order valence-corrected chi connectivity index (χ3v) is 4.26. The van der Waals surface area contributed by atoms with E-state index in [4.69, 9.17) is 14.2 Å². The van der Waals surface area contributed by atoms with Crippen LogP contribution in [-0.4, -0.2) is 35.8 Å². The van der Waals surface area contributed by atoms with Crippen LogP contribution in [0.25, 0.3) is 0 Å². The Balaban J connectivity index is 2.15. The van der Waals surface area contributed by atoms with Crippen molar-refractivity contribution in [2.75, 3.05) is 19.9 Å². The molecule has 0 saturated carbocycles. The van der Waals surface area contributed by atoms with Crippen molar-refractivity contribution < 1.29 is 23.9 Å². The van der Waals surface area contributed by atoms with E-state index in [9.17, 15) is 14.9 Å². The minimum Gasteiger partial charge on any atom is -0.454 e. The van der Waals surface area contributed by atoms with Gasteiger partial charge in [-0.1, -0.05) is 26.7 Å². The van der Waals surface area contributed by atoms with Crippen LogP contribution in [-0.2, 0) is 4.74 Å². The van der Waals surface area contributed by atoms with E-state index >= 15 is 0 Å². The summed E-state index contributed by atoms with van der Waals surface area (Å²) >= 11 is 0. The Hall–Kier alpha value is -2.51. The Morgan fingerprint density at radius 2 is 1.81 bits per heavy atom. The minimum absolute atomic E-state index is 0.0198. The van der Waals surface area contributed by atoms with E-state index in [1.165, 1.54) is 12.1 Å². The number of benzene rings is 1. The summed E-state index contributed by atoms with van der Waals surface area (Å²) in [6, 6.07) is 2.83. The van der Waals surface area contributed by atoms with Crippen LogP contribution >= 0.6 is 0 Å². The molecule has 1 aliphatic rings. The van der Waals surface area contributed by atoms with Crippen LogP contribution in [0.4, 0.5) is 10.5 Å². The molecule has 1 aliphatic heterocycles. The lowest BCUT2D eigenvalue weighted by Gasteiger charge is -2.24. The molecule has 8 heteroatoms. The molecule has 0 radical (unpaired) electrons. The molecule has 0 bridgehead atoms. The number of carbonyl (C=O) groups excluding carboxylic acids is 1. The monoisotopic (exact) mass is 366 g/mol. The number of carbonyl (C=O) groups is 1. The first-order valence-electron chi connectivity index (χ1n) is 9.01. The molecule has 1 amide bonds. The summed E-state index contributed by atoms with van der Waals surface area (Å²) in [4.78, 5) is 25.1. The highest BCUT2D eigenvalue weighted by atomic mass is 16.7. The van der Waals surface area contributed by atoms with Crippen LogP contribution in [0.1, 0.15) is 58.1 Å². The van der Waals surface area contributed by atoms with Gasteiger partial charge in [-0.2, -0.15) is 0 Å². The molecule has 26 heavy (non-hydrogen) atoms. The minimum atomic E-state index is -0.775. The molecular formula is C18H26N2O6. The summed E-state index contributed by atoms with van der Waals surface area (Å²) in [6.45, 7) is 6.99. The topological polar surface area (TPSA) is 91.1 Å². The summed E-state index contributed by atoms with van der Waals surface area (Å²) in [7, 11) is 0. The smallest absolute Gasteiger partial charge is 0.410 e. The van der Waals surface area contributed by atoms with Gasteiger partial charge in [0.1, 0.15) is 6.10 Å². The number of nitrogens with zero attached hydrogens (tertiary/aromatic N) is 2. The van der Waals surface area contributed by atoms with Crippen molar-refractivity contribution >= 4 is 11.8 Å². The molecule has 0 aliphatic carbocycles. The highest BCUT2D eigenvalue weighted by Crippen LogP contribution is 2.40. The molecule has 0 spiro atoms. The van der Waals surface area contributed by atoms with Crippen molar-refractivity contribution in [2.45, 2.75) is 52.6 Å². The summed E-state index contributed by atoms with van der Waals surface area (Å²) in [5.74, 6) is 0.744. The second kappa shape index (κ2) is 9.26. The van der Waals surface area contributed by atoms with E-state index < -0.39 is 17.1 Å². The molecule has 1 heterocycles. The first-order chi connectivity index (χ1) is 12.5. The number of fused-ring (bicyclic) bond motifs is 1. The highest BCUT2D eigenvalue weighted by molar-refractivity contribution is 5.68. The first kappa shape index (κ1) is 19.8. The number of nitro groups is 1. The Morgan fingerprint density at radius 1 is 1.23 bits per heavy atom. The second-order valence-electron chi connectivity index (χ2n) is 6.24. The zero-order chi connectivity index (χ0) is 19.1. The van der Waals surface area contributed by atoms with Gasteiger partial charge in [-0.3, -0.25) is 10.1 Å². The van der Waals surface area contributed by atoms with Crippen molar-refractivity contribution in [3.05, 3.63) is 27.8 Å². The Bertz CT molecular complexity index is 641. The van der Waals surface area contributed by atoms with Gasteiger partial charge in [-0.15, -0.1) is 0 Å². The number of nitro benzene ring substituents is 1. The molecule has 0 fully saturated rings. The van der Waals surface area contributed by atoms with Crippen LogP contribution in [0.15, 0.2) is 12.1 Å². The number of rotatable bonds is 9. The first-order valence-corrected chi connectivity index (χ1v) is 9.01. The molecule has 2 rings (SSSR count). The zero-order valence-corrected chi connectivity index (χ0v) is 15.5. The predicted molar refractivity (Wildman–Crippen MR) is 95.5 cm³/mol. The van der Waals surface area contributed by atoms with Gasteiger partial charge in [-0.25, -0.2) is 4.79 Å². The molecule has 1 aromatic rings. The van der Waals surface area contributed by atoms with E-state index in [1.807, 2.05) is 0 Å². The van der Waals surface area contributed by atoms with Crippen LogP contribution in [0.2, 0.25) is 0 Å². The number of amides is 1. The standard InChI is InChI=1S/C18H26N2O6/c1-4-6-8-19(9-7-5-2)18(21)26-13(3)14-10-16-17(25-12-24-16)11-15(14)20(22)23/h10-11,13H,4-9,12H2,1-3H3. The lowest BCUT2D eigenvalue weighted by atomic mass is 10.1. The lowest BCUT2D eigenvalue weighted by molar-refractivity contribution is -0.386. The highest BCUT2D eigenvalue weighted by Gasteiger charge is 2.29. The van der Waals surface area contributed by atoms with Gasteiger partial charge in [0.2, 0.25) is 6.79 Å². The van der Waals surface area contributed by atoms with E-state index in [-0.39, 0.29) is 12.5 Å². The van der Waals surface area contributed by atoms with Gasteiger partial charge in [0, 0.05) is 13.1 Å². The number of hydrogen-bond donors (Lipinski definition) is 0. The average Bonchev–Trinajstić information content (AvgIpc) is 3.08. The van der Waals surface area contributed by atoms with Crippen molar-refractivity contribution in [3.63, 3.8) is 0 Å². The number of unbranched alkanes of at least 4 members (excludes halogenated alkanes) is 2. The van der Waals surface area contributed by atoms with Crippen LogP contribution in [0, 0.1) is 10.1 Å². The van der Waals surface area contributed by atoms with Gasteiger partial charge < -0.3 is 19.1 Å². The van der Waals surface area contributed by atoms with Crippen molar-refractivity contribution in [1.82, 2.24) is 4.90 Å². The molecule has 1 aromatic carbocycles. The van der Waals surface area contributed by atoms with E-state index in [1.54, 1.807) is 11.8 Å². The van der Waals surface area contributed by atoms with Crippen molar-refractivity contribution in [1.29, 1.82) is 0 Å². The number of hydrogen-bond acceptors (Lipinski definition) is 6. The molecule has 1 atom stereocenters. The van der Waals surface area contributed by atoms with Crippen LogP contribution in [0.3, 0.4) is 0 Å². The van der Waals surface area contributed by atoms with Gasteiger partial charge in [-0.05, 0) is 25.8 Å². The molecule has 0 aromatic heterocycles. The molecule has 0 saturated heterocycles.